The number of amides is 4. The predicted molar refractivity (Wildman–Crippen MR) is 360 cm³/mol. The number of hydrogen-bond donors (Lipinski definition) is 4. The molecule has 2 saturated heterocycles. The minimum Gasteiger partial charge on any atom is -0.488 e. The van der Waals surface area contributed by atoms with Crippen LogP contribution >= 0.6 is 11.8 Å². The van der Waals surface area contributed by atoms with Gasteiger partial charge in [-0.25, -0.2) is 4.79 Å². The summed E-state index contributed by atoms with van der Waals surface area (Å²) in [5.41, 5.74) is -0.381. The van der Waals surface area contributed by atoms with Crippen molar-refractivity contribution in [3.8, 4) is 23.3 Å². The predicted octanol–water partition coefficient (Wildman–Crippen LogP) is 14.2. The number of rotatable bonds is 37. The summed E-state index contributed by atoms with van der Waals surface area (Å²) < 4.78 is 80.0. The first-order chi connectivity index (χ1) is 43.8. The molecule has 0 aliphatic carbocycles. The van der Waals surface area contributed by atoms with E-state index in [2.05, 4.69) is 90.9 Å². The molecule has 4 N–H and O–H groups in total. The zero-order chi connectivity index (χ0) is 67.3. The lowest BCUT2D eigenvalue weighted by atomic mass is 9.95. The van der Waals surface area contributed by atoms with E-state index in [0.717, 1.165) is 77.8 Å². The Morgan fingerprint density at radius 3 is 1.87 bits per heavy atom. The number of nitrogens with zero attached hydrogens (tertiary/aromatic N) is 3. The van der Waals surface area contributed by atoms with Crippen LogP contribution in [-0.4, -0.2) is 120 Å². The zero-order valence-corrected chi connectivity index (χ0v) is 57.6. The molecule has 0 spiro atoms. The van der Waals surface area contributed by atoms with Crippen molar-refractivity contribution in [2.75, 3.05) is 50.2 Å². The Morgan fingerprint density at radius 1 is 0.634 bits per heavy atom. The second-order valence-corrected chi connectivity index (χ2v) is 30.1. The molecule has 3 atom stereocenters. The average Bonchev–Trinajstić information content (AvgIpc) is 1.59. The van der Waals surface area contributed by atoms with Gasteiger partial charge in [-0.05, 0) is 162 Å². The first-order valence-corrected chi connectivity index (χ1v) is 34.2. The molecule has 4 aromatic carbocycles. The number of unbranched alkanes of at least 4 members (excludes halogenated alkanes) is 2. The molecule has 0 aromatic heterocycles. The van der Waals surface area contributed by atoms with Crippen molar-refractivity contribution < 1.29 is 56.0 Å². The summed E-state index contributed by atoms with van der Waals surface area (Å²) in [5, 5.41) is 19.8. The number of thioether (sulfide) groups is 1. The fourth-order valence-electron chi connectivity index (χ4n) is 11.9. The van der Waals surface area contributed by atoms with Gasteiger partial charge in [0.15, 0.2) is 0 Å². The molecule has 4 aliphatic heterocycles. The van der Waals surface area contributed by atoms with Crippen LogP contribution in [0, 0.1) is 11.8 Å². The molecule has 0 unspecified atom stereocenters. The molecule has 4 heterocycles. The first kappa shape index (κ1) is 72.6. The summed E-state index contributed by atoms with van der Waals surface area (Å²) in [5.74, 6) is 8.49. The smallest absolute Gasteiger partial charge is 0.442 e. The molecule has 0 radical (unpaired) electrons. The highest BCUT2D eigenvalue weighted by Gasteiger charge is 2.65. The van der Waals surface area contributed by atoms with Crippen molar-refractivity contribution in [2.45, 2.75) is 236 Å². The third-order valence-electron chi connectivity index (χ3n) is 17.6. The maximum Gasteiger partial charge on any atom is 0.442 e. The van der Waals surface area contributed by atoms with Crippen LogP contribution in [0.5, 0.6) is 11.5 Å². The number of para-hydroxylation sites is 1. The van der Waals surface area contributed by atoms with Crippen molar-refractivity contribution in [1.29, 1.82) is 0 Å². The lowest BCUT2D eigenvalue weighted by Gasteiger charge is -2.32. The molecular weight excluding hydrogens is 1210 g/mol. The van der Waals surface area contributed by atoms with Crippen LogP contribution in [0.25, 0.3) is 0 Å². The van der Waals surface area contributed by atoms with Crippen LogP contribution in [-0.2, 0) is 53.7 Å². The lowest BCUT2D eigenvalue weighted by molar-refractivity contribution is -0.166. The summed E-state index contributed by atoms with van der Waals surface area (Å²) in [6.07, 6.45) is 4.09. The molecule has 2 fully saturated rings. The second kappa shape index (κ2) is 31.1. The zero-order valence-electron chi connectivity index (χ0n) is 56.8. The molecule has 8 rings (SSSR count). The molecule has 16 nitrogen and oxygen atoms in total. The van der Waals surface area contributed by atoms with Crippen LogP contribution in [0.3, 0.4) is 0 Å². The number of urea groups is 1. The van der Waals surface area contributed by atoms with E-state index >= 15 is 0 Å². The molecule has 4 amide bonds. The van der Waals surface area contributed by atoms with Gasteiger partial charge in [-0.15, -0.1) is 10.2 Å². The Labute approximate surface area is 554 Å². The highest BCUT2D eigenvalue weighted by atomic mass is 32.2. The Hall–Kier alpha value is -6.21. The van der Waals surface area contributed by atoms with Gasteiger partial charge in [-0.3, -0.25) is 9.59 Å². The van der Waals surface area contributed by atoms with Gasteiger partial charge in [0.2, 0.25) is 11.8 Å². The van der Waals surface area contributed by atoms with Crippen molar-refractivity contribution >= 4 is 35.3 Å². The van der Waals surface area contributed by atoms with Gasteiger partial charge in [0, 0.05) is 79.0 Å². The van der Waals surface area contributed by atoms with E-state index < -0.39 is 39.8 Å². The molecule has 0 bridgehead atoms. The molecule has 508 valence electrons. The number of carbonyl (C=O) groups is 3. The Balaban J connectivity index is 0.778. The third kappa shape index (κ3) is 22.2. The Morgan fingerprint density at radius 2 is 1.22 bits per heavy atom. The van der Waals surface area contributed by atoms with Gasteiger partial charge in [-0.2, -0.15) is 24.9 Å². The quantitative estimate of drug-likeness (QED) is 0.0192. The van der Waals surface area contributed by atoms with Gasteiger partial charge >= 0.3 is 17.9 Å². The van der Waals surface area contributed by atoms with Gasteiger partial charge < -0.3 is 54.6 Å². The standard InChI is InChI=1S/C73H100F3N7O9S/c1-66(2,33-19-13-14-24-61-64-59(50-93-61)79-65(86)80-64)88-42-36-69(7,8)91-57-44-52(45-58(46-57)92-70(9,10)37-43-90-71(11,12)47-51-25-29-56(30-26-51)72(81-82-72)73(74,75)76)48-77-39-34-67(3,4)89-41-35-68(5,6)87-40-32-62(84)78-38-31-63(85)83-49-55-22-16-15-20-53(55)27-28-54-21-17-18-23-60(54)83/h15-18,20-23,25-26,29-30,44-46,59,61,64,77H,13-14,19,24,31-43,47-50H2,1-12H3,(H,78,84)(H2,79,80,86)/t59-,61-,64-/m0/s1. The van der Waals surface area contributed by atoms with E-state index in [9.17, 15) is 27.6 Å². The summed E-state index contributed by atoms with van der Waals surface area (Å²) in [6, 6.07) is 28.2. The summed E-state index contributed by atoms with van der Waals surface area (Å²) in [7, 11) is 0. The minimum absolute atomic E-state index is 0.000900. The second-order valence-electron chi connectivity index (χ2n) is 28.9. The van der Waals surface area contributed by atoms with Crippen LogP contribution in [0.1, 0.15) is 187 Å². The van der Waals surface area contributed by atoms with Gasteiger partial charge in [0.25, 0.3) is 0 Å². The number of anilines is 1. The summed E-state index contributed by atoms with van der Waals surface area (Å²) >= 11 is 1.96. The van der Waals surface area contributed by atoms with Gasteiger partial charge in [0.05, 0.1) is 73.1 Å². The molecule has 4 aromatic rings. The van der Waals surface area contributed by atoms with Gasteiger partial charge in [-0.1, -0.05) is 85.7 Å². The van der Waals surface area contributed by atoms with Crippen molar-refractivity contribution in [2.24, 2.45) is 10.2 Å². The highest BCUT2D eigenvalue weighted by molar-refractivity contribution is 8.00. The number of benzene rings is 4. The van der Waals surface area contributed by atoms with E-state index in [1.165, 1.54) is 12.1 Å². The van der Waals surface area contributed by atoms with Crippen LogP contribution in [0.2, 0.25) is 0 Å². The number of halogens is 3. The van der Waals surface area contributed by atoms with Crippen molar-refractivity contribution in [3.63, 3.8) is 0 Å². The summed E-state index contributed by atoms with van der Waals surface area (Å²) in [4.78, 5) is 40.2. The van der Waals surface area contributed by atoms with E-state index in [1.54, 1.807) is 17.0 Å². The number of alkyl halides is 3. The molecule has 20 heteroatoms. The maximum absolute atomic E-state index is 13.6. The highest BCUT2D eigenvalue weighted by Crippen LogP contribution is 2.52. The van der Waals surface area contributed by atoms with E-state index in [0.29, 0.717) is 81.9 Å². The number of carbonyl (C=O) groups excluding carboxylic acids is 3. The Bertz CT molecular complexity index is 3260. The monoisotopic (exact) mass is 1310 g/mol. The van der Waals surface area contributed by atoms with Crippen molar-refractivity contribution in [1.82, 2.24) is 21.3 Å². The van der Waals surface area contributed by atoms with Crippen LogP contribution in [0.4, 0.5) is 23.7 Å². The van der Waals surface area contributed by atoms with Crippen LogP contribution < -0.4 is 35.6 Å². The van der Waals surface area contributed by atoms with E-state index in [-0.39, 0.29) is 67.1 Å². The molecule has 93 heavy (non-hydrogen) atoms. The first-order valence-electron chi connectivity index (χ1n) is 33.1. The SMILES string of the molecule is CC(C)(CCCCC[C@@H]1SC[C@@H]2NC(=O)N[C@@H]21)OCCC(C)(C)Oc1cc(CNCCC(C)(C)OCCC(C)(C)OCCC(=O)NCCC(=O)N2Cc3ccccc3C#Cc3ccccc32)cc(OC(C)(C)CCOC(C)(C)Cc2ccc(C3(C(F)(F)F)N=N3)cc2)c1. The fourth-order valence-corrected chi connectivity index (χ4v) is 13.4. The average molecular weight is 1310 g/mol. The van der Waals surface area contributed by atoms with E-state index in [1.807, 2.05) is 114 Å². The number of hydrogen-bond acceptors (Lipinski definition) is 13. The maximum atomic E-state index is 13.6. The van der Waals surface area contributed by atoms with Gasteiger partial charge in [0.1, 0.15) is 22.7 Å². The topological polar surface area (TPSA) is 183 Å². The molecular formula is C73H100F3N7O9S. The van der Waals surface area contributed by atoms with Crippen LogP contribution in [0.15, 0.2) is 101 Å². The third-order valence-corrected chi connectivity index (χ3v) is 19.1. The largest absolute Gasteiger partial charge is 0.488 e. The number of fused-ring (bicyclic) bond motifs is 3. The number of ether oxygens (including phenoxy) is 6. The lowest BCUT2D eigenvalue weighted by Crippen LogP contribution is -2.36. The van der Waals surface area contributed by atoms with E-state index in [4.69, 9.17) is 28.4 Å². The molecule has 0 saturated carbocycles. The Kier molecular flexibility index (Phi) is 24.3. The number of nitrogens with one attached hydrogen (secondary N) is 4. The summed E-state index contributed by atoms with van der Waals surface area (Å²) in [6.45, 7) is 28.0. The van der Waals surface area contributed by atoms with Crippen molar-refractivity contribution in [3.05, 3.63) is 124 Å². The normalized spacial score (nSPS) is 17.9. The molecule has 4 aliphatic rings. The minimum atomic E-state index is -4.58. The fraction of sp³-hybridized carbons (Fsp3) is 0.603.